The highest BCUT2D eigenvalue weighted by molar-refractivity contribution is 5.45. The van der Waals surface area contributed by atoms with E-state index < -0.39 is 0 Å². The molecule has 0 bridgehead atoms. The van der Waals surface area contributed by atoms with Gasteiger partial charge in [0.1, 0.15) is 0 Å². The molecular formula is C14H20N4O. The number of hydrogen-bond acceptors (Lipinski definition) is 4. The Kier molecular flexibility index (Phi) is 3.38. The second-order valence-corrected chi connectivity index (χ2v) is 5.33. The van der Waals surface area contributed by atoms with Crippen molar-refractivity contribution in [2.75, 3.05) is 18.5 Å². The molecule has 5 heteroatoms. The molecule has 102 valence electrons. The molecule has 2 aromatic heterocycles. The zero-order valence-corrected chi connectivity index (χ0v) is 11.5. The van der Waals surface area contributed by atoms with Crippen molar-refractivity contribution in [3.8, 4) is 0 Å². The number of hydrogen-bond donors (Lipinski definition) is 1. The number of nitrogens with one attached hydrogen (secondary N) is 1. The summed E-state index contributed by atoms with van der Waals surface area (Å²) in [5.74, 6) is 1.35. The number of fused-ring (bicyclic) bond motifs is 1. The first-order valence-corrected chi connectivity index (χ1v) is 6.90. The molecule has 1 atom stereocenters. The SMILES string of the molecule is Cc1ccn2nc(NC(C)C3CCOCC3)nc2c1. The minimum absolute atomic E-state index is 0.377. The van der Waals surface area contributed by atoms with E-state index in [0.717, 1.165) is 31.7 Å². The predicted molar refractivity (Wildman–Crippen MR) is 74.4 cm³/mol. The van der Waals surface area contributed by atoms with Crippen LogP contribution in [0.4, 0.5) is 5.95 Å². The van der Waals surface area contributed by atoms with Crippen LogP contribution in [0.3, 0.4) is 0 Å². The third kappa shape index (κ3) is 2.71. The average molecular weight is 260 g/mol. The molecule has 5 nitrogen and oxygen atoms in total. The summed E-state index contributed by atoms with van der Waals surface area (Å²) in [6, 6.07) is 4.45. The van der Waals surface area contributed by atoms with Crippen LogP contribution in [-0.4, -0.2) is 33.9 Å². The lowest BCUT2D eigenvalue weighted by molar-refractivity contribution is 0.0621. The molecule has 1 saturated heterocycles. The number of aryl methyl sites for hydroxylation is 1. The molecule has 1 fully saturated rings. The molecule has 3 heterocycles. The van der Waals surface area contributed by atoms with Crippen molar-refractivity contribution in [3.63, 3.8) is 0 Å². The monoisotopic (exact) mass is 260 g/mol. The molecule has 0 amide bonds. The number of ether oxygens (including phenoxy) is 1. The first-order chi connectivity index (χ1) is 9.22. The number of pyridine rings is 1. The van der Waals surface area contributed by atoms with E-state index in [-0.39, 0.29) is 0 Å². The van der Waals surface area contributed by atoms with Gasteiger partial charge >= 0.3 is 0 Å². The Bertz CT molecular complexity index is 560. The Labute approximate surface area is 113 Å². The minimum atomic E-state index is 0.377. The Morgan fingerprint density at radius 2 is 2.21 bits per heavy atom. The summed E-state index contributed by atoms with van der Waals surface area (Å²) in [5, 5.41) is 7.87. The Hall–Kier alpha value is -1.62. The standard InChI is InChI=1S/C14H20N4O/c1-10-3-6-18-13(9-10)16-14(17-18)15-11(2)12-4-7-19-8-5-12/h3,6,9,11-12H,4-5,7-8H2,1-2H3,(H,15,17). The summed E-state index contributed by atoms with van der Waals surface area (Å²) in [4.78, 5) is 4.52. The van der Waals surface area contributed by atoms with Crippen LogP contribution in [0, 0.1) is 12.8 Å². The van der Waals surface area contributed by atoms with Crippen molar-refractivity contribution in [1.29, 1.82) is 0 Å². The molecule has 0 aliphatic carbocycles. The maximum Gasteiger partial charge on any atom is 0.243 e. The van der Waals surface area contributed by atoms with Gasteiger partial charge in [-0.05, 0) is 50.3 Å². The van der Waals surface area contributed by atoms with Crippen LogP contribution in [-0.2, 0) is 4.74 Å². The van der Waals surface area contributed by atoms with Crippen molar-refractivity contribution < 1.29 is 4.74 Å². The fourth-order valence-electron chi connectivity index (χ4n) is 2.58. The van der Waals surface area contributed by atoms with Gasteiger partial charge < -0.3 is 10.1 Å². The number of nitrogens with zero attached hydrogens (tertiary/aromatic N) is 3. The number of rotatable bonds is 3. The third-order valence-electron chi connectivity index (χ3n) is 3.82. The summed E-state index contributed by atoms with van der Waals surface area (Å²) in [7, 11) is 0. The molecule has 19 heavy (non-hydrogen) atoms. The third-order valence-corrected chi connectivity index (χ3v) is 3.82. The van der Waals surface area contributed by atoms with Crippen LogP contribution in [0.1, 0.15) is 25.3 Å². The van der Waals surface area contributed by atoms with Crippen molar-refractivity contribution in [2.24, 2.45) is 5.92 Å². The quantitative estimate of drug-likeness (QED) is 0.919. The first kappa shape index (κ1) is 12.4. The van der Waals surface area contributed by atoms with Crippen molar-refractivity contribution in [1.82, 2.24) is 14.6 Å². The van der Waals surface area contributed by atoms with Crippen molar-refractivity contribution >= 4 is 11.6 Å². The van der Waals surface area contributed by atoms with Crippen LogP contribution >= 0.6 is 0 Å². The van der Waals surface area contributed by atoms with Crippen LogP contribution in [0.15, 0.2) is 18.3 Å². The minimum Gasteiger partial charge on any atom is -0.381 e. The van der Waals surface area contributed by atoms with Gasteiger partial charge in [-0.25, -0.2) is 4.52 Å². The zero-order valence-electron chi connectivity index (χ0n) is 11.5. The van der Waals surface area contributed by atoms with Gasteiger partial charge in [0, 0.05) is 25.5 Å². The van der Waals surface area contributed by atoms with Gasteiger partial charge in [-0.2, -0.15) is 4.98 Å². The molecule has 0 saturated carbocycles. The molecule has 1 aliphatic heterocycles. The predicted octanol–water partition coefficient (Wildman–Crippen LogP) is 2.26. The van der Waals surface area contributed by atoms with E-state index in [0.29, 0.717) is 17.9 Å². The number of aromatic nitrogens is 3. The van der Waals surface area contributed by atoms with Gasteiger partial charge in [-0.3, -0.25) is 0 Å². The second-order valence-electron chi connectivity index (χ2n) is 5.33. The summed E-state index contributed by atoms with van der Waals surface area (Å²) in [6.07, 6.45) is 4.17. The molecular weight excluding hydrogens is 240 g/mol. The summed E-state index contributed by atoms with van der Waals surface area (Å²) in [6.45, 7) is 6.00. The normalized spacial score (nSPS) is 18.6. The fraction of sp³-hybridized carbons (Fsp3) is 0.571. The topological polar surface area (TPSA) is 51.5 Å². The molecule has 0 aromatic carbocycles. The maximum atomic E-state index is 5.40. The van der Waals surface area contributed by atoms with Crippen LogP contribution in [0.2, 0.25) is 0 Å². The maximum absolute atomic E-state index is 5.40. The van der Waals surface area contributed by atoms with E-state index >= 15 is 0 Å². The Balaban J connectivity index is 1.73. The van der Waals surface area contributed by atoms with E-state index in [4.69, 9.17) is 4.74 Å². The second kappa shape index (κ2) is 5.17. The van der Waals surface area contributed by atoms with Gasteiger partial charge in [-0.15, -0.1) is 5.10 Å². The average Bonchev–Trinajstić information content (AvgIpc) is 2.81. The van der Waals surface area contributed by atoms with Gasteiger partial charge in [0.25, 0.3) is 0 Å². The molecule has 1 unspecified atom stereocenters. The lowest BCUT2D eigenvalue weighted by Gasteiger charge is -2.27. The highest BCUT2D eigenvalue weighted by Gasteiger charge is 2.21. The van der Waals surface area contributed by atoms with Gasteiger partial charge in [0.2, 0.25) is 5.95 Å². The fourth-order valence-corrected chi connectivity index (χ4v) is 2.58. The molecule has 0 spiro atoms. The van der Waals surface area contributed by atoms with Gasteiger partial charge in [0.15, 0.2) is 5.65 Å². The van der Waals surface area contributed by atoms with E-state index in [1.165, 1.54) is 5.56 Å². The smallest absolute Gasteiger partial charge is 0.243 e. The van der Waals surface area contributed by atoms with E-state index in [2.05, 4.69) is 29.2 Å². The highest BCUT2D eigenvalue weighted by atomic mass is 16.5. The van der Waals surface area contributed by atoms with Crippen LogP contribution in [0.25, 0.3) is 5.65 Å². The summed E-state index contributed by atoms with van der Waals surface area (Å²) in [5.41, 5.74) is 2.09. The first-order valence-electron chi connectivity index (χ1n) is 6.90. The molecule has 1 aliphatic rings. The van der Waals surface area contributed by atoms with E-state index in [9.17, 15) is 0 Å². The highest BCUT2D eigenvalue weighted by Crippen LogP contribution is 2.21. The molecule has 3 rings (SSSR count). The Morgan fingerprint density at radius 1 is 1.42 bits per heavy atom. The van der Waals surface area contributed by atoms with Crippen molar-refractivity contribution in [2.45, 2.75) is 32.7 Å². The lowest BCUT2D eigenvalue weighted by atomic mass is 9.93. The van der Waals surface area contributed by atoms with Crippen molar-refractivity contribution in [3.05, 3.63) is 23.9 Å². The van der Waals surface area contributed by atoms with Gasteiger partial charge in [0.05, 0.1) is 0 Å². The molecule has 2 aromatic rings. The molecule has 0 radical (unpaired) electrons. The number of anilines is 1. The van der Waals surface area contributed by atoms with Gasteiger partial charge in [-0.1, -0.05) is 0 Å². The van der Waals surface area contributed by atoms with Crippen LogP contribution in [0.5, 0.6) is 0 Å². The summed E-state index contributed by atoms with van der Waals surface area (Å²) >= 11 is 0. The summed E-state index contributed by atoms with van der Waals surface area (Å²) < 4.78 is 7.21. The van der Waals surface area contributed by atoms with E-state index in [1.807, 2.05) is 22.8 Å². The molecule has 1 N–H and O–H groups in total. The largest absolute Gasteiger partial charge is 0.381 e. The van der Waals surface area contributed by atoms with Crippen LogP contribution < -0.4 is 5.32 Å². The Morgan fingerprint density at radius 3 is 3.00 bits per heavy atom. The van der Waals surface area contributed by atoms with E-state index in [1.54, 1.807) is 0 Å². The lowest BCUT2D eigenvalue weighted by Crippen LogP contribution is -2.31. The zero-order chi connectivity index (χ0) is 13.2.